The smallest absolute Gasteiger partial charge is 0.0548 e. The molecule has 8 aromatic rings. The Labute approximate surface area is 256 Å². The number of fused-ring (bicyclic) bond motifs is 7. The van der Waals surface area contributed by atoms with E-state index in [1.165, 1.54) is 77.3 Å². The van der Waals surface area contributed by atoms with Gasteiger partial charge in [-0.3, -0.25) is 0 Å². The molecule has 208 valence electrons. The van der Waals surface area contributed by atoms with E-state index in [9.17, 15) is 0 Å². The largest absolute Gasteiger partial charge is 0.313 e. The zero-order valence-electron chi connectivity index (χ0n) is 24.3. The number of aromatic nitrogens is 2. The van der Waals surface area contributed by atoms with Crippen LogP contribution in [0.1, 0.15) is 18.4 Å². The lowest BCUT2D eigenvalue weighted by atomic mass is 9.97. The average molecular weight is 563 g/mol. The zero-order valence-corrected chi connectivity index (χ0v) is 24.3. The Morgan fingerprint density at radius 3 is 1.59 bits per heavy atom. The van der Waals surface area contributed by atoms with Crippen molar-refractivity contribution in [1.82, 2.24) is 9.13 Å². The van der Waals surface area contributed by atoms with E-state index in [-0.39, 0.29) is 0 Å². The van der Waals surface area contributed by atoms with Gasteiger partial charge in [-0.1, -0.05) is 115 Å². The molecule has 2 aromatic heterocycles. The van der Waals surface area contributed by atoms with E-state index in [4.69, 9.17) is 0 Å². The molecule has 0 saturated heterocycles. The summed E-state index contributed by atoms with van der Waals surface area (Å²) in [6, 6.07) is 52.8. The maximum absolute atomic E-state index is 2.51. The summed E-state index contributed by atoms with van der Waals surface area (Å²) in [6.07, 6.45) is 6.82. The van der Waals surface area contributed by atoms with Crippen LogP contribution in [0.5, 0.6) is 0 Å². The van der Waals surface area contributed by atoms with E-state index in [0.717, 1.165) is 12.8 Å². The molecular weight excluding hydrogens is 532 g/mol. The lowest BCUT2D eigenvalue weighted by Crippen LogP contribution is -2.01. The van der Waals surface area contributed by atoms with Crippen molar-refractivity contribution >= 4 is 54.9 Å². The van der Waals surface area contributed by atoms with Crippen LogP contribution in [0.2, 0.25) is 0 Å². The molecule has 2 heteroatoms. The first-order valence-corrected chi connectivity index (χ1v) is 15.4. The van der Waals surface area contributed by atoms with Crippen LogP contribution >= 0.6 is 0 Å². The van der Waals surface area contributed by atoms with Gasteiger partial charge in [0.05, 0.1) is 22.1 Å². The monoisotopic (exact) mass is 562 g/mol. The number of rotatable bonds is 4. The van der Waals surface area contributed by atoms with Gasteiger partial charge in [-0.2, -0.15) is 0 Å². The van der Waals surface area contributed by atoms with E-state index < -0.39 is 0 Å². The molecule has 0 saturated carbocycles. The van der Waals surface area contributed by atoms with Crippen molar-refractivity contribution < 1.29 is 0 Å². The normalized spacial score (nSPS) is 13.5. The summed E-state index contributed by atoms with van der Waals surface area (Å²) in [5, 5.41) is 5.22. The van der Waals surface area contributed by atoms with Crippen molar-refractivity contribution in [3.05, 3.63) is 163 Å². The van der Waals surface area contributed by atoms with Gasteiger partial charge in [0.1, 0.15) is 0 Å². The molecular formula is C42H30N2. The third-order valence-electron chi connectivity index (χ3n) is 9.19. The van der Waals surface area contributed by atoms with Crippen molar-refractivity contribution in [1.29, 1.82) is 0 Å². The molecule has 2 heterocycles. The molecule has 2 nitrogen and oxygen atoms in total. The molecule has 9 rings (SSSR count). The summed E-state index contributed by atoms with van der Waals surface area (Å²) >= 11 is 0. The molecule has 0 amide bonds. The van der Waals surface area contributed by atoms with Crippen LogP contribution in [0.15, 0.2) is 158 Å². The van der Waals surface area contributed by atoms with Crippen LogP contribution in [0, 0.1) is 0 Å². The number of hydrogen-bond acceptors (Lipinski definition) is 0. The van der Waals surface area contributed by atoms with Crippen LogP contribution in [0.4, 0.5) is 0 Å². The lowest BCUT2D eigenvalue weighted by Gasteiger charge is -2.18. The zero-order chi connectivity index (χ0) is 29.0. The van der Waals surface area contributed by atoms with Gasteiger partial charge in [0, 0.05) is 32.9 Å². The Balaban J connectivity index is 1.30. The fraction of sp³-hybridized carbons (Fsp3) is 0.0476. The second-order valence-corrected chi connectivity index (χ2v) is 11.7. The highest BCUT2D eigenvalue weighted by Gasteiger charge is 2.21. The minimum absolute atomic E-state index is 1.01. The molecule has 6 aromatic carbocycles. The number of nitrogens with zero attached hydrogens (tertiary/aromatic N) is 2. The van der Waals surface area contributed by atoms with Crippen molar-refractivity contribution in [2.45, 2.75) is 12.8 Å². The maximum Gasteiger partial charge on any atom is 0.0548 e. The van der Waals surface area contributed by atoms with Gasteiger partial charge in [0.2, 0.25) is 0 Å². The molecule has 0 unspecified atom stereocenters. The van der Waals surface area contributed by atoms with E-state index in [0.29, 0.717) is 0 Å². The average Bonchev–Trinajstić information content (AvgIpc) is 3.62. The number of para-hydroxylation sites is 2. The molecule has 1 aliphatic carbocycles. The van der Waals surface area contributed by atoms with E-state index in [1.54, 1.807) is 0 Å². The first kappa shape index (κ1) is 24.9. The third-order valence-corrected chi connectivity index (χ3v) is 9.19. The second kappa shape index (κ2) is 10.00. The summed E-state index contributed by atoms with van der Waals surface area (Å²) in [4.78, 5) is 0. The fourth-order valence-electron chi connectivity index (χ4n) is 7.23. The first-order chi connectivity index (χ1) is 21.8. The Morgan fingerprint density at radius 1 is 0.409 bits per heavy atom. The van der Waals surface area contributed by atoms with Crippen LogP contribution in [0.25, 0.3) is 71.7 Å². The van der Waals surface area contributed by atoms with Crippen molar-refractivity contribution in [2.75, 3.05) is 0 Å². The van der Waals surface area contributed by atoms with Crippen LogP contribution in [0.3, 0.4) is 0 Å². The molecule has 44 heavy (non-hydrogen) atoms. The highest BCUT2D eigenvalue weighted by atomic mass is 15.0. The van der Waals surface area contributed by atoms with E-state index >= 15 is 0 Å². The van der Waals surface area contributed by atoms with Crippen LogP contribution in [-0.4, -0.2) is 9.13 Å². The SMILES string of the molecule is C1=C(c2ccccc2)C=C(n2c3ccccc3c3c4c5ccccc5n(-c5ccc(-c6ccccc6)cc5)c4ccc32)CC1. The maximum atomic E-state index is 2.51. The molecule has 0 bridgehead atoms. The molecule has 1 aliphatic rings. The summed E-state index contributed by atoms with van der Waals surface area (Å²) < 4.78 is 4.95. The van der Waals surface area contributed by atoms with Gasteiger partial charge in [0.15, 0.2) is 0 Å². The van der Waals surface area contributed by atoms with Gasteiger partial charge in [0.25, 0.3) is 0 Å². The van der Waals surface area contributed by atoms with Crippen molar-refractivity contribution in [2.24, 2.45) is 0 Å². The van der Waals surface area contributed by atoms with Gasteiger partial charge in [-0.05, 0) is 77.6 Å². The first-order valence-electron chi connectivity index (χ1n) is 15.4. The summed E-state index contributed by atoms with van der Waals surface area (Å²) in [6.45, 7) is 0. The number of hydrogen-bond donors (Lipinski definition) is 0. The molecule has 0 N–H and O–H groups in total. The minimum atomic E-state index is 1.01. The Bertz CT molecular complexity index is 2400. The Morgan fingerprint density at radius 2 is 0.932 bits per heavy atom. The summed E-state index contributed by atoms with van der Waals surface area (Å²) in [5.41, 5.74) is 12.5. The summed E-state index contributed by atoms with van der Waals surface area (Å²) in [5.74, 6) is 0. The topological polar surface area (TPSA) is 9.86 Å². The number of benzene rings is 6. The highest BCUT2D eigenvalue weighted by Crippen LogP contribution is 2.43. The van der Waals surface area contributed by atoms with Gasteiger partial charge in [-0.25, -0.2) is 0 Å². The second-order valence-electron chi connectivity index (χ2n) is 11.7. The molecule has 0 aliphatic heterocycles. The lowest BCUT2D eigenvalue weighted by molar-refractivity contribution is 0.983. The predicted octanol–water partition coefficient (Wildman–Crippen LogP) is 11.3. The standard InChI is InChI=1S/C42H30N2/c1-3-12-29(13-4-1)31-22-24-33(25-23-31)43-37-20-9-7-18-35(37)41-39(43)26-27-40-42(41)36-19-8-10-21-38(36)44(40)34-17-11-16-32(28-34)30-14-5-2-6-15-30/h1-10,12-16,18-28H,11,17H2. The van der Waals surface area contributed by atoms with Gasteiger partial charge >= 0.3 is 0 Å². The molecule has 0 atom stereocenters. The predicted molar refractivity (Wildman–Crippen MR) is 187 cm³/mol. The molecule has 0 fully saturated rings. The Hall–Kier alpha value is -5.60. The highest BCUT2D eigenvalue weighted by molar-refractivity contribution is 6.29. The van der Waals surface area contributed by atoms with Crippen molar-refractivity contribution in [3.63, 3.8) is 0 Å². The van der Waals surface area contributed by atoms with Crippen molar-refractivity contribution in [3.8, 4) is 16.8 Å². The minimum Gasteiger partial charge on any atom is -0.313 e. The van der Waals surface area contributed by atoms with Crippen LogP contribution < -0.4 is 0 Å². The number of allylic oxidation sites excluding steroid dienone is 4. The molecule has 0 spiro atoms. The summed E-state index contributed by atoms with van der Waals surface area (Å²) in [7, 11) is 0. The van der Waals surface area contributed by atoms with E-state index in [2.05, 4.69) is 167 Å². The quantitative estimate of drug-likeness (QED) is 0.202. The third kappa shape index (κ3) is 3.81. The van der Waals surface area contributed by atoms with Gasteiger partial charge in [-0.15, -0.1) is 0 Å². The van der Waals surface area contributed by atoms with Gasteiger partial charge < -0.3 is 9.13 Å². The van der Waals surface area contributed by atoms with Crippen LogP contribution in [-0.2, 0) is 0 Å². The fourth-order valence-corrected chi connectivity index (χ4v) is 7.23. The Kier molecular flexibility index (Phi) is 5.67. The molecule has 0 radical (unpaired) electrons. The van der Waals surface area contributed by atoms with E-state index in [1.807, 2.05) is 0 Å².